The highest BCUT2D eigenvalue weighted by molar-refractivity contribution is 6.56. The van der Waals surface area contributed by atoms with Crippen molar-refractivity contribution in [2.24, 2.45) is 0 Å². The van der Waals surface area contributed by atoms with E-state index < -0.39 is 7.12 Å². The first-order chi connectivity index (χ1) is 5.24. The zero-order chi connectivity index (χ0) is 8.27. The van der Waals surface area contributed by atoms with Gasteiger partial charge in [-0.25, -0.2) is 0 Å². The smallest absolute Gasteiger partial charge is 0.470 e. The Bertz CT molecular complexity index is 219. The van der Waals surface area contributed by atoms with Crippen molar-refractivity contribution in [1.29, 1.82) is 0 Å². The van der Waals surface area contributed by atoms with Gasteiger partial charge in [-0.15, -0.1) is 0 Å². The van der Waals surface area contributed by atoms with Crippen molar-refractivity contribution in [3.8, 4) is 0 Å². The first kappa shape index (κ1) is 8.36. The highest BCUT2D eigenvalue weighted by Crippen LogP contribution is 2.01. The van der Waals surface area contributed by atoms with E-state index in [-0.39, 0.29) is 5.66 Å². The second kappa shape index (κ2) is 3.60. The van der Waals surface area contributed by atoms with E-state index in [2.05, 4.69) is 0 Å². The molecule has 0 saturated heterocycles. The monoisotopic (exact) mass is 154 g/mol. The molecule has 4 heteroatoms. The van der Waals surface area contributed by atoms with Gasteiger partial charge in [0, 0.05) is 6.42 Å². The van der Waals surface area contributed by atoms with Crippen LogP contribution in [0.25, 0.3) is 0 Å². The molecule has 1 aromatic rings. The van der Waals surface area contributed by atoms with Gasteiger partial charge >= 0.3 is 7.12 Å². The lowest BCUT2D eigenvalue weighted by Gasteiger charge is -1.92. The number of hydrogen-bond acceptors (Lipinski definition) is 3. The third-order valence-electron chi connectivity index (χ3n) is 1.43. The molecule has 0 saturated carbocycles. The molecule has 0 aromatic carbocycles. The predicted octanol–water partition coefficient (Wildman–Crippen LogP) is -0.0881. The van der Waals surface area contributed by atoms with Crippen LogP contribution in [0.3, 0.4) is 0 Å². The normalized spacial score (nSPS) is 10.1. The molecule has 11 heavy (non-hydrogen) atoms. The Hall–Kier alpha value is -0.735. The Morgan fingerprint density at radius 3 is 2.64 bits per heavy atom. The zero-order valence-corrected chi connectivity index (χ0v) is 6.45. The van der Waals surface area contributed by atoms with E-state index in [1.165, 1.54) is 0 Å². The quantitative estimate of drug-likeness (QED) is 0.598. The summed E-state index contributed by atoms with van der Waals surface area (Å²) >= 11 is 0. The maximum Gasteiger partial charge on any atom is 0.526 e. The molecule has 0 bridgehead atoms. The summed E-state index contributed by atoms with van der Waals surface area (Å²) in [6, 6.07) is 3.34. The molecule has 1 aromatic heterocycles. The van der Waals surface area contributed by atoms with Crippen LogP contribution in [0.4, 0.5) is 0 Å². The van der Waals surface area contributed by atoms with E-state index in [0.717, 1.165) is 18.6 Å². The number of rotatable bonds is 3. The van der Waals surface area contributed by atoms with Gasteiger partial charge in [0.15, 0.2) is 0 Å². The highest BCUT2D eigenvalue weighted by atomic mass is 16.4. The Labute approximate surface area is 65.8 Å². The lowest BCUT2D eigenvalue weighted by Crippen LogP contribution is -2.27. The van der Waals surface area contributed by atoms with Gasteiger partial charge in [0.2, 0.25) is 0 Å². The van der Waals surface area contributed by atoms with E-state index in [0.29, 0.717) is 0 Å². The Morgan fingerprint density at radius 2 is 2.18 bits per heavy atom. The van der Waals surface area contributed by atoms with Crippen LogP contribution in [0, 0.1) is 0 Å². The molecule has 0 radical (unpaired) electrons. The predicted molar refractivity (Wildman–Crippen MR) is 42.5 cm³/mol. The number of aryl methyl sites for hydroxylation is 1. The minimum atomic E-state index is -1.49. The lowest BCUT2D eigenvalue weighted by atomic mass is 9.88. The summed E-state index contributed by atoms with van der Waals surface area (Å²) in [5.41, 5.74) is 0.216. The van der Waals surface area contributed by atoms with Gasteiger partial charge in [0.1, 0.15) is 11.4 Å². The van der Waals surface area contributed by atoms with Crippen molar-refractivity contribution in [2.75, 3.05) is 0 Å². The fourth-order valence-corrected chi connectivity index (χ4v) is 0.914. The Morgan fingerprint density at radius 1 is 1.45 bits per heavy atom. The minimum absolute atomic E-state index is 0.216. The van der Waals surface area contributed by atoms with Crippen LogP contribution in [-0.4, -0.2) is 17.2 Å². The highest BCUT2D eigenvalue weighted by Gasteiger charge is 2.15. The largest absolute Gasteiger partial charge is 0.526 e. The summed E-state index contributed by atoms with van der Waals surface area (Å²) in [6.07, 6.45) is 1.83. The van der Waals surface area contributed by atoms with Gasteiger partial charge in [0.05, 0.1) is 0 Å². The summed E-state index contributed by atoms with van der Waals surface area (Å²) in [4.78, 5) is 0. The molecular weight excluding hydrogens is 143 g/mol. The van der Waals surface area contributed by atoms with Gasteiger partial charge in [-0.05, 0) is 18.6 Å². The van der Waals surface area contributed by atoms with Crippen molar-refractivity contribution in [2.45, 2.75) is 19.8 Å². The summed E-state index contributed by atoms with van der Waals surface area (Å²) in [7, 11) is -1.49. The van der Waals surface area contributed by atoms with E-state index >= 15 is 0 Å². The summed E-state index contributed by atoms with van der Waals surface area (Å²) in [5, 5.41) is 17.3. The van der Waals surface area contributed by atoms with Crippen LogP contribution in [0.15, 0.2) is 16.5 Å². The van der Waals surface area contributed by atoms with Gasteiger partial charge in [-0.1, -0.05) is 6.92 Å². The molecule has 3 nitrogen and oxygen atoms in total. The average molecular weight is 154 g/mol. The Kier molecular flexibility index (Phi) is 2.73. The molecule has 2 N–H and O–H groups in total. The van der Waals surface area contributed by atoms with Gasteiger partial charge in [-0.2, -0.15) is 0 Å². The molecule has 0 spiro atoms. The standard InChI is InChI=1S/C7H11BO3/c1-2-3-6-4-5-7(11-6)8(9)10/h4-5,9-10H,2-3H2,1H3. The molecule has 0 aliphatic carbocycles. The van der Waals surface area contributed by atoms with Crippen LogP contribution >= 0.6 is 0 Å². The topological polar surface area (TPSA) is 53.6 Å². The van der Waals surface area contributed by atoms with Gasteiger partial charge in [-0.3, -0.25) is 0 Å². The molecular formula is C7H11BO3. The molecule has 1 rings (SSSR count). The molecule has 0 fully saturated rings. The van der Waals surface area contributed by atoms with Crippen LogP contribution in [0.2, 0.25) is 0 Å². The first-order valence-electron chi connectivity index (χ1n) is 3.68. The van der Waals surface area contributed by atoms with Gasteiger partial charge < -0.3 is 14.5 Å². The average Bonchev–Trinajstić information content (AvgIpc) is 2.37. The third-order valence-corrected chi connectivity index (χ3v) is 1.43. The maximum absolute atomic E-state index is 8.67. The van der Waals surface area contributed by atoms with Crippen LogP contribution in [-0.2, 0) is 6.42 Å². The van der Waals surface area contributed by atoms with E-state index in [4.69, 9.17) is 14.5 Å². The second-order valence-electron chi connectivity index (χ2n) is 2.43. The first-order valence-corrected chi connectivity index (χ1v) is 3.68. The summed E-state index contributed by atoms with van der Waals surface area (Å²) in [6.45, 7) is 2.04. The van der Waals surface area contributed by atoms with Crippen molar-refractivity contribution < 1.29 is 14.5 Å². The number of hydrogen-bond donors (Lipinski definition) is 2. The molecule has 0 unspecified atom stereocenters. The SMILES string of the molecule is CCCc1ccc(B(O)O)o1. The molecule has 1 heterocycles. The molecule has 0 aliphatic heterocycles. The minimum Gasteiger partial charge on any atom is -0.470 e. The molecule has 0 amide bonds. The zero-order valence-electron chi connectivity index (χ0n) is 6.45. The Balaban J connectivity index is 2.66. The molecule has 0 atom stereocenters. The molecule has 0 aliphatic rings. The van der Waals surface area contributed by atoms with Crippen molar-refractivity contribution in [3.63, 3.8) is 0 Å². The lowest BCUT2D eigenvalue weighted by molar-refractivity contribution is 0.404. The number of furan rings is 1. The van der Waals surface area contributed by atoms with Crippen LogP contribution in [0.1, 0.15) is 19.1 Å². The van der Waals surface area contributed by atoms with Crippen LogP contribution in [0.5, 0.6) is 0 Å². The van der Waals surface area contributed by atoms with Crippen molar-refractivity contribution in [3.05, 3.63) is 17.9 Å². The molecule has 60 valence electrons. The summed E-state index contributed by atoms with van der Waals surface area (Å²) in [5.74, 6) is 0.801. The second-order valence-corrected chi connectivity index (χ2v) is 2.43. The fourth-order valence-electron chi connectivity index (χ4n) is 0.914. The van der Waals surface area contributed by atoms with E-state index in [1.54, 1.807) is 12.1 Å². The van der Waals surface area contributed by atoms with Crippen LogP contribution < -0.4 is 5.66 Å². The van der Waals surface area contributed by atoms with Crippen molar-refractivity contribution in [1.82, 2.24) is 0 Å². The fraction of sp³-hybridized carbons (Fsp3) is 0.429. The third kappa shape index (κ3) is 2.10. The maximum atomic E-state index is 8.67. The van der Waals surface area contributed by atoms with E-state index in [9.17, 15) is 0 Å². The van der Waals surface area contributed by atoms with E-state index in [1.807, 2.05) is 6.92 Å². The van der Waals surface area contributed by atoms with Gasteiger partial charge in [0.25, 0.3) is 0 Å². The summed E-state index contributed by atoms with van der Waals surface area (Å²) < 4.78 is 5.09. The van der Waals surface area contributed by atoms with Crippen molar-refractivity contribution >= 4 is 12.8 Å².